The molecule has 0 aliphatic carbocycles. The molecule has 1 aliphatic heterocycles. The van der Waals surface area contributed by atoms with Crippen LogP contribution in [-0.2, 0) is 10.0 Å². The highest BCUT2D eigenvalue weighted by Gasteiger charge is 2.30. The van der Waals surface area contributed by atoms with Crippen LogP contribution in [0.1, 0.15) is 0 Å². The van der Waals surface area contributed by atoms with Crippen LogP contribution in [-0.4, -0.2) is 48.9 Å². The van der Waals surface area contributed by atoms with Crippen molar-refractivity contribution in [2.45, 2.75) is 4.90 Å². The lowest BCUT2D eigenvalue weighted by molar-refractivity contribution is 0.384. The zero-order valence-corrected chi connectivity index (χ0v) is 18.0. The third kappa shape index (κ3) is 4.27. The molecule has 1 aromatic heterocycles. The molecule has 10 heteroatoms. The molecule has 1 aliphatic rings. The largest absolute Gasteiger partial charge is 0.354 e. The molecule has 2 aromatic carbocycles. The van der Waals surface area contributed by atoms with E-state index in [9.17, 15) is 12.8 Å². The number of aromatic nitrogens is 2. The second-order valence-electron chi connectivity index (χ2n) is 6.73. The normalized spacial score (nSPS) is 15.4. The van der Waals surface area contributed by atoms with Gasteiger partial charge in [0, 0.05) is 42.8 Å². The maximum atomic E-state index is 13.2. The quantitative estimate of drug-likeness (QED) is 0.578. The van der Waals surface area contributed by atoms with Crippen molar-refractivity contribution in [1.82, 2.24) is 14.3 Å². The number of benzene rings is 2. The van der Waals surface area contributed by atoms with E-state index in [1.807, 2.05) is 11.0 Å². The molecule has 30 heavy (non-hydrogen) atoms. The van der Waals surface area contributed by atoms with E-state index in [0.29, 0.717) is 29.6 Å². The Bertz CT molecular complexity index is 1170. The fourth-order valence-corrected chi connectivity index (χ4v) is 5.43. The van der Waals surface area contributed by atoms with E-state index >= 15 is 0 Å². The van der Waals surface area contributed by atoms with Crippen LogP contribution in [0.3, 0.4) is 0 Å². The fraction of sp³-hybridized carbons (Fsp3) is 0.200. The molecule has 6 nitrogen and oxygen atoms in total. The average Bonchev–Trinajstić information content (AvgIpc) is 2.76. The predicted molar refractivity (Wildman–Crippen MR) is 115 cm³/mol. The maximum Gasteiger partial charge on any atom is 0.244 e. The fourth-order valence-electron chi connectivity index (χ4n) is 3.27. The molecular formula is C20H17Cl2FN4O2S. The minimum absolute atomic E-state index is 0.00532. The van der Waals surface area contributed by atoms with Crippen molar-refractivity contribution in [2.24, 2.45) is 0 Å². The molecule has 0 radical (unpaired) electrons. The van der Waals surface area contributed by atoms with Crippen molar-refractivity contribution < 1.29 is 12.8 Å². The summed E-state index contributed by atoms with van der Waals surface area (Å²) in [6.45, 7) is 1.47. The number of halogens is 3. The van der Waals surface area contributed by atoms with Crippen LogP contribution < -0.4 is 4.90 Å². The van der Waals surface area contributed by atoms with Gasteiger partial charge in [-0.15, -0.1) is 0 Å². The smallest absolute Gasteiger partial charge is 0.244 e. The third-order valence-corrected chi connectivity index (χ3v) is 7.48. The summed E-state index contributed by atoms with van der Waals surface area (Å²) in [6, 6.07) is 12.3. The van der Waals surface area contributed by atoms with Crippen LogP contribution in [0.2, 0.25) is 10.0 Å². The molecular weight excluding hydrogens is 450 g/mol. The lowest BCUT2D eigenvalue weighted by Crippen LogP contribution is -2.49. The number of rotatable bonds is 4. The molecule has 0 bridgehead atoms. The van der Waals surface area contributed by atoms with E-state index in [1.54, 1.807) is 18.2 Å². The van der Waals surface area contributed by atoms with Gasteiger partial charge < -0.3 is 4.90 Å². The lowest BCUT2D eigenvalue weighted by Gasteiger charge is -2.34. The van der Waals surface area contributed by atoms with E-state index in [1.165, 1.54) is 34.9 Å². The van der Waals surface area contributed by atoms with Crippen LogP contribution >= 0.6 is 23.2 Å². The van der Waals surface area contributed by atoms with E-state index < -0.39 is 10.0 Å². The number of piperazine rings is 1. The van der Waals surface area contributed by atoms with Gasteiger partial charge in [-0.2, -0.15) is 4.31 Å². The topological polar surface area (TPSA) is 66.4 Å². The van der Waals surface area contributed by atoms with Crippen LogP contribution in [0.5, 0.6) is 0 Å². The van der Waals surface area contributed by atoms with Gasteiger partial charge in [0.2, 0.25) is 10.0 Å². The minimum atomic E-state index is -3.75. The molecule has 156 valence electrons. The Morgan fingerprint density at radius 3 is 2.30 bits per heavy atom. The summed E-state index contributed by atoms with van der Waals surface area (Å²) < 4.78 is 40.5. The maximum absolute atomic E-state index is 13.2. The van der Waals surface area contributed by atoms with Gasteiger partial charge in [-0.05, 0) is 42.5 Å². The molecule has 0 N–H and O–H groups in total. The van der Waals surface area contributed by atoms with Crippen LogP contribution in [0.25, 0.3) is 11.3 Å². The summed E-state index contributed by atoms with van der Waals surface area (Å²) in [5.74, 6) is 0.368. The molecule has 0 saturated carbocycles. The zero-order chi connectivity index (χ0) is 21.3. The first-order chi connectivity index (χ1) is 14.3. The number of anilines is 1. The lowest BCUT2D eigenvalue weighted by atomic mass is 10.1. The molecule has 1 fully saturated rings. The number of sulfonamides is 1. The Balaban J connectivity index is 1.50. The highest BCUT2D eigenvalue weighted by atomic mass is 35.5. The van der Waals surface area contributed by atoms with Crippen molar-refractivity contribution in [3.8, 4) is 11.3 Å². The molecule has 3 aromatic rings. The van der Waals surface area contributed by atoms with E-state index in [4.69, 9.17) is 23.2 Å². The summed E-state index contributed by atoms with van der Waals surface area (Å²) in [4.78, 5) is 10.6. The number of nitrogens with zero attached hydrogens (tertiary/aromatic N) is 4. The first-order valence-corrected chi connectivity index (χ1v) is 11.3. The third-order valence-electron chi connectivity index (χ3n) is 4.87. The molecule has 0 unspecified atom stereocenters. The molecule has 0 spiro atoms. The van der Waals surface area contributed by atoms with Gasteiger partial charge in [0.05, 0.1) is 10.7 Å². The van der Waals surface area contributed by atoms with Gasteiger partial charge in [-0.3, -0.25) is 0 Å². The van der Waals surface area contributed by atoms with Gasteiger partial charge in [-0.1, -0.05) is 23.2 Å². The van der Waals surface area contributed by atoms with Gasteiger partial charge in [0.15, 0.2) is 0 Å². The first-order valence-electron chi connectivity index (χ1n) is 9.13. The molecule has 2 heterocycles. The summed E-state index contributed by atoms with van der Waals surface area (Å²) in [6.07, 6.45) is 1.45. The summed E-state index contributed by atoms with van der Waals surface area (Å²) in [7, 11) is -3.75. The van der Waals surface area contributed by atoms with Gasteiger partial charge >= 0.3 is 0 Å². The highest BCUT2D eigenvalue weighted by molar-refractivity contribution is 7.89. The Morgan fingerprint density at radius 1 is 0.900 bits per heavy atom. The van der Waals surface area contributed by atoms with E-state index in [2.05, 4.69) is 9.97 Å². The average molecular weight is 467 g/mol. The Kier molecular flexibility index (Phi) is 5.92. The Hall–Kier alpha value is -2.26. The summed E-state index contributed by atoms with van der Waals surface area (Å²) >= 11 is 12.0. The number of hydrogen-bond donors (Lipinski definition) is 0. The van der Waals surface area contributed by atoms with Gasteiger partial charge in [-0.25, -0.2) is 22.8 Å². The molecule has 4 rings (SSSR count). The Labute approximate surface area is 183 Å². The van der Waals surface area contributed by atoms with Crippen LogP contribution in [0.15, 0.2) is 59.8 Å². The van der Waals surface area contributed by atoms with Gasteiger partial charge in [0.1, 0.15) is 22.9 Å². The standard InChI is InChI=1S/C20H17Cl2FN4O2S/c21-15-3-6-17(22)19(11-15)30(28,29)27-9-7-26(8-10-27)20-12-18(24-13-25-20)14-1-4-16(23)5-2-14/h1-6,11-13H,7-10H2. The predicted octanol–water partition coefficient (Wildman–Crippen LogP) is 4.10. The van der Waals surface area contributed by atoms with Crippen LogP contribution in [0.4, 0.5) is 10.2 Å². The minimum Gasteiger partial charge on any atom is -0.354 e. The monoisotopic (exact) mass is 466 g/mol. The molecule has 1 saturated heterocycles. The van der Waals surface area contributed by atoms with E-state index in [0.717, 1.165) is 5.56 Å². The van der Waals surface area contributed by atoms with Crippen molar-refractivity contribution in [3.63, 3.8) is 0 Å². The van der Waals surface area contributed by atoms with Crippen molar-refractivity contribution >= 4 is 39.0 Å². The number of hydrogen-bond acceptors (Lipinski definition) is 5. The summed E-state index contributed by atoms with van der Waals surface area (Å²) in [5.41, 5.74) is 1.44. The second kappa shape index (κ2) is 8.47. The zero-order valence-electron chi connectivity index (χ0n) is 15.7. The van der Waals surface area contributed by atoms with Crippen molar-refractivity contribution in [2.75, 3.05) is 31.1 Å². The SMILES string of the molecule is O=S(=O)(c1cc(Cl)ccc1Cl)N1CCN(c2cc(-c3ccc(F)cc3)ncn2)CC1. The molecule has 0 amide bonds. The Morgan fingerprint density at radius 2 is 1.60 bits per heavy atom. The second-order valence-corrected chi connectivity index (χ2v) is 9.48. The van der Waals surface area contributed by atoms with Crippen LogP contribution in [0, 0.1) is 5.82 Å². The summed E-state index contributed by atoms with van der Waals surface area (Å²) in [5, 5.41) is 0.451. The van der Waals surface area contributed by atoms with Gasteiger partial charge in [0.25, 0.3) is 0 Å². The molecule has 0 atom stereocenters. The highest BCUT2D eigenvalue weighted by Crippen LogP contribution is 2.29. The van der Waals surface area contributed by atoms with E-state index in [-0.39, 0.29) is 28.8 Å². The van der Waals surface area contributed by atoms with Crippen molar-refractivity contribution in [3.05, 3.63) is 70.7 Å². The van der Waals surface area contributed by atoms with Crippen molar-refractivity contribution in [1.29, 1.82) is 0 Å². The first kappa shape index (κ1) is 21.0.